The Morgan fingerprint density at radius 3 is 2.65 bits per heavy atom. The molecule has 1 aromatic rings. The Kier molecular flexibility index (Phi) is 3.86. The normalized spacial score (nSPS) is 17.9. The zero-order chi connectivity index (χ0) is 12.3. The Bertz CT molecular complexity index is 374. The predicted octanol–water partition coefficient (Wildman–Crippen LogP) is 1.55. The van der Waals surface area contributed by atoms with E-state index in [1.807, 2.05) is 13.0 Å². The van der Waals surface area contributed by atoms with Gasteiger partial charge in [0.1, 0.15) is 5.75 Å². The maximum absolute atomic E-state index is 5.97. The summed E-state index contributed by atoms with van der Waals surface area (Å²) in [7, 11) is 1.68. The third-order valence-corrected chi connectivity index (χ3v) is 3.08. The maximum Gasteiger partial charge on any atom is 0.123 e. The lowest BCUT2D eigenvalue weighted by Crippen LogP contribution is -2.36. The van der Waals surface area contributed by atoms with Gasteiger partial charge < -0.3 is 20.1 Å². The molecule has 1 aromatic carbocycles. The van der Waals surface area contributed by atoms with Gasteiger partial charge in [-0.05, 0) is 25.1 Å². The first-order chi connectivity index (χ1) is 8.22. The second-order valence-electron chi connectivity index (χ2n) is 4.31. The van der Waals surface area contributed by atoms with Gasteiger partial charge in [-0.3, -0.25) is 0 Å². The molecule has 4 nitrogen and oxygen atoms in total. The molecule has 0 aromatic heterocycles. The Labute approximate surface area is 102 Å². The quantitative estimate of drug-likeness (QED) is 0.865. The Morgan fingerprint density at radius 2 is 2.06 bits per heavy atom. The molecular formula is C13H20N2O2. The van der Waals surface area contributed by atoms with Gasteiger partial charge in [-0.1, -0.05) is 0 Å². The van der Waals surface area contributed by atoms with E-state index >= 15 is 0 Å². The van der Waals surface area contributed by atoms with Crippen LogP contribution in [0.15, 0.2) is 18.2 Å². The number of methoxy groups -OCH3 is 1. The van der Waals surface area contributed by atoms with E-state index in [1.54, 1.807) is 7.11 Å². The molecule has 2 N–H and O–H groups in total. The summed E-state index contributed by atoms with van der Waals surface area (Å²) in [4.78, 5) is 2.31. The van der Waals surface area contributed by atoms with E-state index in [0.717, 1.165) is 37.6 Å². The van der Waals surface area contributed by atoms with Crippen molar-refractivity contribution in [3.63, 3.8) is 0 Å². The number of benzene rings is 1. The van der Waals surface area contributed by atoms with Gasteiger partial charge in [-0.25, -0.2) is 0 Å². The van der Waals surface area contributed by atoms with E-state index < -0.39 is 0 Å². The van der Waals surface area contributed by atoms with Crippen LogP contribution < -0.4 is 15.4 Å². The van der Waals surface area contributed by atoms with E-state index in [0.29, 0.717) is 0 Å². The van der Waals surface area contributed by atoms with Crippen molar-refractivity contribution in [2.24, 2.45) is 5.73 Å². The van der Waals surface area contributed by atoms with Crippen molar-refractivity contribution in [2.45, 2.75) is 13.0 Å². The molecule has 0 radical (unpaired) electrons. The molecule has 1 unspecified atom stereocenters. The van der Waals surface area contributed by atoms with Crippen LogP contribution in [0.3, 0.4) is 0 Å². The van der Waals surface area contributed by atoms with Gasteiger partial charge in [0.15, 0.2) is 0 Å². The lowest BCUT2D eigenvalue weighted by molar-refractivity contribution is 0.122. The highest BCUT2D eigenvalue weighted by Gasteiger charge is 2.14. The van der Waals surface area contributed by atoms with Crippen molar-refractivity contribution in [3.05, 3.63) is 23.8 Å². The first kappa shape index (κ1) is 12.2. The van der Waals surface area contributed by atoms with Gasteiger partial charge >= 0.3 is 0 Å². The molecule has 0 amide bonds. The largest absolute Gasteiger partial charge is 0.496 e. The molecular weight excluding hydrogens is 216 g/mol. The van der Waals surface area contributed by atoms with Crippen molar-refractivity contribution >= 4 is 5.69 Å². The van der Waals surface area contributed by atoms with Crippen LogP contribution in [0.2, 0.25) is 0 Å². The van der Waals surface area contributed by atoms with E-state index in [9.17, 15) is 0 Å². The van der Waals surface area contributed by atoms with E-state index in [2.05, 4.69) is 17.0 Å². The van der Waals surface area contributed by atoms with Crippen molar-refractivity contribution in [2.75, 3.05) is 38.3 Å². The monoisotopic (exact) mass is 236 g/mol. The molecule has 1 saturated heterocycles. The van der Waals surface area contributed by atoms with E-state index in [1.165, 1.54) is 5.69 Å². The van der Waals surface area contributed by atoms with Crippen molar-refractivity contribution in [3.8, 4) is 5.75 Å². The lowest BCUT2D eigenvalue weighted by Gasteiger charge is -2.29. The molecule has 0 spiro atoms. The SMILES string of the molecule is COc1ccc(N2CCOCC2)cc1C(C)N. The van der Waals surface area contributed by atoms with Crippen LogP contribution in [0.5, 0.6) is 5.75 Å². The molecule has 4 heteroatoms. The summed E-state index contributed by atoms with van der Waals surface area (Å²) in [6.45, 7) is 5.43. The van der Waals surface area contributed by atoms with Crippen LogP contribution in [0.4, 0.5) is 5.69 Å². The second-order valence-corrected chi connectivity index (χ2v) is 4.31. The number of anilines is 1. The third-order valence-electron chi connectivity index (χ3n) is 3.08. The molecule has 0 bridgehead atoms. The molecule has 1 aliphatic heterocycles. The zero-order valence-corrected chi connectivity index (χ0v) is 10.5. The third kappa shape index (κ3) is 2.70. The van der Waals surface area contributed by atoms with Gasteiger partial charge in [0.05, 0.1) is 20.3 Å². The Hall–Kier alpha value is -1.26. The summed E-state index contributed by atoms with van der Waals surface area (Å²) in [5.74, 6) is 0.858. The fourth-order valence-corrected chi connectivity index (χ4v) is 2.10. The fourth-order valence-electron chi connectivity index (χ4n) is 2.10. The van der Waals surface area contributed by atoms with E-state index in [-0.39, 0.29) is 6.04 Å². The molecule has 0 saturated carbocycles. The van der Waals surface area contributed by atoms with Crippen molar-refractivity contribution < 1.29 is 9.47 Å². The van der Waals surface area contributed by atoms with Crippen LogP contribution in [0, 0.1) is 0 Å². The van der Waals surface area contributed by atoms with Crippen LogP contribution in [-0.4, -0.2) is 33.4 Å². The number of hydrogen-bond acceptors (Lipinski definition) is 4. The minimum Gasteiger partial charge on any atom is -0.496 e. The first-order valence-electron chi connectivity index (χ1n) is 5.98. The summed E-state index contributed by atoms with van der Waals surface area (Å²) >= 11 is 0. The van der Waals surface area contributed by atoms with Gasteiger partial charge in [0.25, 0.3) is 0 Å². The average molecular weight is 236 g/mol. The molecule has 1 aliphatic rings. The van der Waals surface area contributed by atoms with Crippen molar-refractivity contribution in [1.29, 1.82) is 0 Å². The summed E-state index contributed by atoms with van der Waals surface area (Å²) in [5.41, 5.74) is 8.21. The van der Waals surface area contributed by atoms with Crippen LogP contribution in [0.1, 0.15) is 18.5 Å². The molecule has 1 fully saturated rings. The summed E-state index contributed by atoms with van der Waals surface area (Å²) in [6.07, 6.45) is 0. The molecule has 1 atom stereocenters. The molecule has 0 aliphatic carbocycles. The maximum atomic E-state index is 5.97. The average Bonchev–Trinajstić information content (AvgIpc) is 2.39. The summed E-state index contributed by atoms with van der Waals surface area (Å²) < 4.78 is 10.7. The van der Waals surface area contributed by atoms with Gasteiger partial charge in [-0.2, -0.15) is 0 Å². The molecule has 2 rings (SSSR count). The van der Waals surface area contributed by atoms with E-state index in [4.69, 9.17) is 15.2 Å². The summed E-state index contributed by atoms with van der Waals surface area (Å²) in [5, 5.41) is 0. The van der Waals surface area contributed by atoms with Crippen LogP contribution in [-0.2, 0) is 4.74 Å². The highest BCUT2D eigenvalue weighted by atomic mass is 16.5. The zero-order valence-electron chi connectivity index (χ0n) is 10.5. The summed E-state index contributed by atoms with van der Waals surface area (Å²) in [6, 6.07) is 6.17. The second kappa shape index (κ2) is 5.38. The lowest BCUT2D eigenvalue weighted by atomic mass is 10.1. The Balaban J connectivity index is 2.26. The van der Waals surface area contributed by atoms with Crippen LogP contribution in [0.25, 0.3) is 0 Å². The van der Waals surface area contributed by atoms with Gasteiger partial charge in [-0.15, -0.1) is 0 Å². The minimum atomic E-state index is -0.0223. The van der Waals surface area contributed by atoms with Crippen LogP contribution >= 0.6 is 0 Å². The number of nitrogens with two attached hydrogens (primary N) is 1. The van der Waals surface area contributed by atoms with Crippen molar-refractivity contribution in [1.82, 2.24) is 0 Å². The highest BCUT2D eigenvalue weighted by molar-refractivity contribution is 5.54. The standard InChI is InChI=1S/C13H20N2O2/c1-10(14)12-9-11(3-4-13(12)16-2)15-5-7-17-8-6-15/h3-4,9-10H,5-8,14H2,1-2H3. The fraction of sp³-hybridized carbons (Fsp3) is 0.538. The topological polar surface area (TPSA) is 47.7 Å². The van der Waals surface area contributed by atoms with Gasteiger partial charge in [0.2, 0.25) is 0 Å². The molecule has 1 heterocycles. The number of rotatable bonds is 3. The van der Waals surface area contributed by atoms with Gasteiger partial charge in [0, 0.05) is 30.4 Å². The Morgan fingerprint density at radius 1 is 1.35 bits per heavy atom. The predicted molar refractivity (Wildman–Crippen MR) is 68.6 cm³/mol. The molecule has 17 heavy (non-hydrogen) atoms. The number of ether oxygens (including phenoxy) is 2. The smallest absolute Gasteiger partial charge is 0.123 e. The highest BCUT2D eigenvalue weighted by Crippen LogP contribution is 2.29. The number of hydrogen-bond donors (Lipinski definition) is 1. The molecule has 94 valence electrons. The number of nitrogens with zero attached hydrogens (tertiary/aromatic N) is 1. The minimum absolute atomic E-state index is 0.0223. The first-order valence-corrected chi connectivity index (χ1v) is 5.98. The number of morpholine rings is 1.